The van der Waals surface area contributed by atoms with Crippen LogP contribution < -0.4 is 21.7 Å². The number of carboxylic acid groups (broad SMARTS) is 1. The number of carbonyl (C=O) groups is 4. The zero-order valence-corrected chi connectivity index (χ0v) is 15.1. The van der Waals surface area contributed by atoms with E-state index < -0.39 is 61.1 Å². The first kappa shape index (κ1) is 23.8. The summed E-state index contributed by atoms with van der Waals surface area (Å²) in [5, 5.41) is 33.9. The van der Waals surface area contributed by atoms with Crippen LogP contribution in [0.25, 0.3) is 0 Å². The number of rotatable bonds is 11. The zero-order chi connectivity index (χ0) is 20.4. The van der Waals surface area contributed by atoms with Crippen molar-refractivity contribution in [3.63, 3.8) is 0 Å². The summed E-state index contributed by atoms with van der Waals surface area (Å²) in [5.74, 6) is -3.63. The van der Waals surface area contributed by atoms with Gasteiger partial charge in [0.25, 0.3) is 0 Å². The number of amides is 3. The average molecular weight is 376 g/mol. The lowest BCUT2D eigenvalue weighted by Crippen LogP contribution is -2.58. The van der Waals surface area contributed by atoms with Gasteiger partial charge in [0.1, 0.15) is 24.7 Å². The molecule has 0 heterocycles. The molecule has 0 aliphatic rings. The molecule has 26 heavy (non-hydrogen) atoms. The number of carboxylic acids is 1. The summed E-state index contributed by atoms with van der Waals surface area (Å²) in [6, 6.07) is -3.66. The first-order valence-corrected chi connectivity index (χ1v) is 8.14. The SMILES string of the molecule is CC(C)CC(NC(=O)C(N)C(C)O)C(=O)NC(CO)C(=O)NCC(=O)O. The molecule has 0 aromatic heterocycles. The van der Waals surface area contributed by atoms with Crippen LogP contribution in [0.4, 0.5) is 0 Å². The van der Waals surface area contributed by atoms with Gasteiger partial charge < -0.3 is 37.0 Å². The molecule has 0 radical (unpaired) electrons. The van der Waals surface area contributed by atoms with E-state index in [2.05, 4.69) is 10.6 Å². The van der Waals surface area contributed by atoms with Gasteiger partial charge in [-0.15, -0.1) is 0 Å². The smallest absolute Gasteiger partial charge is 0.322 e. The molecule has 0 fully saturated rings. The molecule has 0 spiro atoms. The van der Waals surface area contributed by atoms with E-state index in [9.17, 15) is 29.4 Å². The fourth-order valence-corrected chi connectivity index (χ4v) is 1.94. The molecule has 0 saturated carbocycles. The first-order valence-electron chi connectivity index (χ1n) is 8.14. The maximum atomic E-state index is 12.4. The Labute approximate surface area is 151 Å². The van der Waals surface area contributed by atoms with Crippen LogP contribution in [-0.2, 0) is 19.2 Å². The molecule has 0 rings (SSSR count). The van der Waals surface area contributed by atoms with E-state index in [1.165, 1.54) is 6.92 Å². The summed E-state index contributed by atoms with van der Waals surface area (Å²) < 4.78 is 0. The lowest BCUT2D eigenvalue weighted by atomic mass is 10.0. The normalized spacial score (nSPS) is 15.5. The van der Waals surface area contributed by atoms with Crippen molar-refractivity contribution in [2.75, 3.05) is 13.2 Å². The fourth-order valence-electron chi connectivity index (χ4n) is 1.94. The Bertz CT molecular complexity index is 510. The molecule has 0 aliphatic heterocycles. The van der Waals surface area contributed by atoms with Crippen molar-refractivity contribution in [2.24, 2.45) is 11.7 Å². The highest BCUT2D eigenvalue weighted by Crippen LogP contribution is 2.06. The van der Waals surface area contributed by atoms with Crippen LogP contribution in [0.15, 0.2) is 0 Å². The van der Waals surface area contributed by atoms with E-state index in [1.807, 2.05) is 19.2 Å². The number of aliphatic carboxylic acids is 1. The third-order valence-corrected chi connectivity index (χ3v) is 3.39. The minimum Gasteiger partial charge on any atom is -0.480 e. The van der Waals surface area contributed by atoms with E-state index in [0.717, 1.165) is 0 Å². The van der Waals surface area contributed by atoms with Gasteiger partial charge in [-0.25, -0.2) is 0 Å². The monoisotopic (exact) mass is 376 g/mol. The van der Waals surface area contributed by atoms with Gasteiger partial charge in [0.15, 0.2) is 0 Å². The fraction of sp³-hybridized carbons (Fsp3) is 0.733. The van der Waals surface area contributed by atoms with Crippen molar-refractivity contribution in [2.45, 2.75) is 51.4 Å². The molecule has 8 N–H and O–H groups in total. The number of aliphatic hydroxyl groups excluding tert-OH is 2. The van der Waals surface area contributed by atoms with Crippen molar-refractivity contribution in [1.29, 1.82) is 0 Å². The van der Waals surface area contributed by atoms with E-state index in [4.69, 9.17) is 10.8 Å². The minimum absolute atomic E-state index is 0.00207. The Morgan fingerprint density at radius 2 is 1.50 bits per heavy atom. The molecule has 0 saturated heterocycles. The summed E-state index contributed by atoms with van der Waals surface area (Å²) in [4.78, 5) is 46.6. The second kappa shape index (κ2) is 11.4. The molecule has 11 heteroatoms. The number of hydrogen-bond donors (Lipinski definition) is 7. The lowest BCUT2D eigenvalue weighted by molar-refractivity contribution is -0.139. The highest BCUT2D eigenvalue weighted by molar-refractivity contribution is 5.93. The first-order chi connectivity index (χ1) is 12.0. The van der Waals surface area contributed by atoms with Crippen LogP contribution in [0.5, 0.6) is 0 Å². The van der Waals surface area contributed by atoms with Gasteiger partial charge in [-0.2, -0.15) is 0 Å². The quantitative estimate of drug-likeness (QED) is 0.197. The van der Waals surface area contributed by atoms with E-state index in [0.29, 0.717) is 0 Å². The predicted molar refractivity (Wildman–Crippen MR) is 90.7 cm³/mol. The lowest BCUT2D eigenvalue weighted by Gasteiger charge is -2.25. The standard InChI is InChI=1S/C15H28N4O7/c1-7(2)4-9(18-15(26)12(16)8(3)21)14(25)19-10(6-20)13(24)17-5-11(22)23/h7-10,12,20-21H,4-6,16H2,1-3H3,(H,17,24)(H,18,26)(H,19,25)(H,22,23). The topological polar surface area (TPSA) is 191 Å². The van der Waals surface area contributed by atoms with Gasteiger partial charge in [-0.1, -0.05) is 13.8 Å². The van der Waals surface area contributed by atoms with Gasteiger partial charge in [0.2, 0.25) is 17.7 Å². The van der Waals surface area contributed by atoms with Crippen molar-refractivity contribution in [1.82, 2.24) is 16.0 Å². The van der Waals surface area contributed by atoms with Gasteiger partial charge in [-0.05, 0) is 19.3 Å². The Hall–Kier alpha value is -2.24. The Balaban J connectivity index is 5.02. The molecular formula is C15H28N4O7. The van der Waals surface area contributed by atoms with E-state index in [1.54, 1.807) is 0 Å². The van der Waals surface area contributed by atoms with E-state index >= 15 is 0 Å². The molecule has 0 aromatic rings. The van der Waals surface area contributed by atoms with E-state index in [-0.39, 0.29) is 12.3 Å². The van der Waals surface area contributed by atoms with Crippen molar-refractivity contribution < 1.29 is 34.5 Å². The highest BCUT2D eigenvalue weighted by Gasteiger charge is 2.29. The number of nitrogens with two attached hydrogens (primary N) is 1. The third-order valence-electron chi connectivity index (χ3n) is 3.39. The zero-order valence-electron chi connectivity index (χ0n) is 15.1. The van der Waals surface area contributed by atoms with Crippen LogP contribution in [0, 0.1) is 5.92 Å². The number of carbonyl (C=O) groups excluding carboxylic acids is 3. The van der Waals surface area contributed by atoms with Crippen LogP contribution >= 0.6 is 0 Å². The molecule has 4 atom stereocenters. The van der Waals surface area contributed by atoms with Crippen LogP contribution in [0.2, 0.25) is 0 Å². The van der Waals surface area contributed by atoms with Crippen LogP contribution in [-0.4, -0.2) is 76.4 Å². The van der Waals surface area contributed by atoms with Crippen LogP contribution in [0.1, 0.15) is 27.2 Å². The summed E-state index contributed by atoms with van der Waals surface area (Å²) >= 11 is 0. The van der Waals surface area contributed by atoms with Crippen molar-refractivity contribution in [3.05, 3.63) is 0 Å². The summed E-state index contributed by atoms with van der Waals surface area (Å²) in [5.41, 5.74) is 5.53. The molecule has 150 valence electrons. The molecular weight excluding hydrogens is 348 g/mol. The average Bonchev–Trinajstić information content (AvgIpc) is 2.55. The molecule has 4 unspecified atom stereocenters. The van der Waals surface area contributed by atoms with Gasteiger partial charge >= 0.3 is 5.97 Å². The maximum absolute atomic E-state index is 12.4. The number of aliphatic hydroxyl groups is 2. The predicted octanol–water partition coefficient (Wildman–Crippen LogP) is -3.10. The summed E-state index contributed by atoms with van der Waals surface area (Å²) in [6.07, 6.45) is -0.899. The maximum Gasteiger partial charge on any atom is 0.322 e. The minimum atomic E-state index is -1.38. The summed E-state index contributed by atoms with van der Waals surface area (Å²) in [6.45, 7) is 3.53. The van der Waals surface area contributed by atoms with Gasteiger partial charge in [0, 0.05) is 0 Å². The third kappa shape index (κ3) is 8.74. The Morgan fingerprint density at radius 1 is 0.962 bits per heavy atom. The Morgan fingerprint density at radius 3 is 1.92 bits per heavy atom. The second-order valence-corrected chi connectivity index (χ2v) is 6.31. The largest absolute Gasteiger partial charge is 0.480 e. The Kier molecular flexibility index (Phi) is 10.4. The van der Waals surface area contributed by atoms with Gasteiger partial charge in [0.05, 0.1) is 12.7 Å². The van der Waals surface area contributed by atoms with Crippen molar-refractivity contribution in [3.8, 4) is 0 Å². The van der Waals surface area contributed by atoms with Gasteiger partial charge in [-0.3, -0.25) is 19.2 Å². The number of nitrogens with one attached hydrogen (secondary N) is 3. The molecule has 3 amide bonds. The molecule has 0 aliphatic carbocycles. The number of hydrogen-bond acceptors (Lipinski definition) is 7. The second-order valence-electron chi connectivity index (χ2n) is 6.31. The van der Waals surface area contributed by atoms with Crippen LogP contribution in [0.3, 0.4) is 0 Å². The summed E-state index contributed by atoms with van der Waals surface area (Å²) in [7, 11) is 0. The van der Waals surface area contributed by atoms with Crippen molar-refractivity contribution >= 4 is 23.7 Å². The molecule has 0 aromatic carbocycles. The highest BCUT2D eigenvalue weighted by atomic mass is 16.4. The molecule has 11 nitrogen and oxygen atoms in total. The molecule has 0 bridgehead atoms.